The van der Waals surface area contributed by atoms with Crippen molar-refractivity contribution < 1.29 is 9.66 Å². The van der Waals surface area contributed by atoms with Crippen LogP contribution in [0.3, 0.4) is 0 Å². The number of hydrogen-bond acceptors (Lipinski definition) is 4. The van der Waals surface area contributed by atoms with E-state index < -0.39 is 10.3 Å². The number of ether oxygens (including phenoxy) is 1. The highest BCUT2D eigenvalue weighted by Gasteiger charge is 2.19. The Morgan fingerprint density at radius 1 is 1.65 bits per heavy atom. The second-order valence-corrected chi connectivity index (χ2v) is 4.33. The quantitative estimate of drug-likeness (QED) is 0.366. The molecule has 1 rings (SSSR count). The first-order valence-corrected chi connectivity index (χ1v) is 5.94. The van der Waals surface area contributed by atoms with Gasteiger partial charge in [-0.1, -0.05) is 17.7 Å². The van der Waals surface area contributed by atoms with E-state index in [1.54, 1.807) is 6.92 Å². The molecule has 0 aliphatic heterocycles. The van der Waals surface area contributed by atoms with Crippen molar-refractivity contribution in [3.8, 4) is 0 Å². The maximum atomic E-state index is 10.6. The Morgan fingerprint density at radius 3 is 2.76 bits per heavy atom. The molecule has 0 fully saturated rings. The zero-order valence-electron chi connectivity index (χ0n) is 8.85. The smallest absolute Gasteiger partial charge is 0.287 e. The zero-order chi connectivity index (χ0) is 13.0. The summed E-state index contributed by atoms with van der Waals surface area (Å²) in [5.74, 6) is 0. The predicted octanol–water partition coefficient (Wildman–Crippen LogP) is 3.89. The fourth-order valence-corrected chi connectivity index (χ4v) is 1.89. The Bertz CT molecular complexity index is 453. The average Bonchev–Trinajstić information content (AvgIpc) is 2.27. The van der Waals surface area contributed by atoms with E-state index >= 15 is 0 Å². The molecular weight excluding hydrogens is 285 g/mol. The highest BCUT2D eigenvalue weighted by Crippen LogP contribution is 2.31. The summed E-state index contributed by atoms with van der Waals surface area (Å²) < 4.78 is 5.10. The van der Waals surface area contributed by atoms with Gasteiger partial charge in [-0.25, -0.2) is 0 Å². The molecule has 0 N–H and O–H groups in total. The van der Waals surface area contributed by atoms with Crippen LogP contribution in [0.4, 0.5) is 5.69 Å². The topological polar surface area (TPSA) is 52.4 Å². The van der Waals surface area contributed by atoms with Crippen LogP contribution in [0.2, 0.25) is 5.02 Å². The number of alkyl halides is 1. The third-order valence-electron chi connectivity index (χ3n) is 1.95. The maximum Gasteiger partial charge on any atom is 0.287 e. The van der Waals surface area contributed by atoms with Gasteiger partial charge in [0.25, 0.3) is 5.69 Å². The van der Waals surface area contributed by atoms with Crippen molar-refractivity contribution in [3.05, 3.63) is 38.9 Å². The standard InChI is InChI=1S/C10H9Cl2NO3S/c1-2-16-10(17)9(12)6-3-4-8(13(14)15)7(11)5-6/h3-5,9H,2H2,1H3. The molecule has 0 aliphatic carbocycles. The number of nitro groups is 1. The van der Waals surface area contributed by atoms with E-state index in [2.05, 4.69) is 0 Å². The normalized spacial score (nSPS) is 11.9. The van der Waals surface area contributed by atoms with E-state index in [4.69, 9.17) is 40.2 Å². The largest absolute Gasteiger partial charge is 0.485 e. The number of halogens is 2. The van der Waals surface area contributed by atoms with Crippen molar-refractivity contribution in [2.45, 2.75) is 12.3 Å². The van der Waals surface area contributed by atoms with Crippen LogP contribution < -0.4 is 0 Å². The average molecular weight is 294 g/mol. The monoisotopic (exact) mass is 293 g/mol. The summed E-state index contributed by atoms with van der Waals surface area (Å²) >= 11 is 16.8. The summed E-state index contributed by atoms with van der Waals surface area (Å²) in [6, 6.07) is 4.22. The zero-order valence-corrected chi connectivity index (χ0v) is 11.2. The molecule has 0 aliphatic rings. The minimum absolute atomic E-state index is 0.0254. The predicted molar refractivity (Wildman–Crippen MR) is 70.9 cm³/mol. The Labute approximate surface area is 114 Å². The van der Waals surface area contributed by atoms with Gasteiger partial charge in [0.05, 0.1) is 11.5 Å². The minimum Gasteiger partial charge on any atom is -0.485 e. The molecule has 0 amide bonds. The van der Waals surface area contributed by atoms with Crippen LogP contribution in [0.1, 0.15) is 17.9 Å². The number of benzene rings is 1. The lowest BCUT2D eigenvalue weighted by Crippen LogP contribution is -2.08. The van der Waals surface area contributed by atoms with E-state index in [0.29, 0.717) is 12.2 Å². The Kier molecular flexibility index (Phi) is 5.11. The third-order valence-corrected chi connectivity index (χ3v) is 3.19. The molecule has 92 valence electrons. The number of nitro benzene ring substituents is 1. The first-order chi connectivity index (χ1) is 7.97. The molecule has 1 unspecified atom stereocenters. The Hall–Kier alpha value is -0.910. The van der Waals surface area contributed by atoms with Crippen molar-refractivity contribution in [3.63, 3.8) is 0 Å². The number of rotatable bonds is 4. The van der Waals surface area contributed by atoms with Gasteiger partial charge in [0.1, 0.15) is 10.4 Å². The third kappa shape index (κ3) is 3.52. The van der Waals surface area contributed by atoms with Gasteiger partial charge < -0.3 is 4.74 Å². The van der Waals surface area contributed by atoms with Gasteiger partial charge >= 0.3 is 0 Å². The molecule has 17 heavy (non-hydrogen) atoms. The fourth-order valence-electron chi connectivity index (χ4n) is 1.18. The van der Waals surface area contributed by atoms with Gasteiger partial charge in [0.15, 0.2) is 5.05 Å². The number of nitrogens with zero attached hydrogens (tertiary/aromatic N) is 1. The molecule has 0 bridgehead atoms. The Balaban J connectivity index is 2.97. The van der Waals surface area contributed by atoms with Crippen LogP contribution in [0.25, 0.3) is 0 Å². The van der Waals surface area contributed by atoms with E-state index in [-0.39, 0.29) is 15.8 Å². The van der Waals surface area contributed by atoms with Gasteiger partial charge in [-0.3, -0.25) is 10.1 Å². The highest BCUT2D eigenvalue weighted by molar-refractivity contribution is 7.80. The van der Waals surface area contributed by atoms with Crippen LogP contribution in [-0.2, 0) is 4.74 Å². The van der Waals surface area contributed by atoms with Crippen LogP contribution in [0.5, 0.6) is 0 Å². The van der Waals surface area contributed by atoms with Crippen molar-refractivity contribution in [1.82, 2.24) is 0 Å². The van der Waals surface area contributed by atoms with Crippen LogP contribution in [0, 0.1) is 10.1 Å². The molecule has 1 atom stereocenters. The minimum atomic E-state index is -0.650. The Morgan fingerprint density at radius 2 is 2.29 bits per heavy atom. The first-order valence-electron chi connectivity index (χ1n) is 4.72. The second kappa shape index (κ2) is 6.14. The molecule has 1 aromatic carbocycles. The van der Waals surface area contributed by atoms with Crippen molar-refractivity contribution in [1.29, 1.82) is 0 Å². The van der Waals surface area contributed by atoms with E-state index in [9.17, 15) is 10.1 Å². The van der Waals surface area contributed by atoms with E-state index in [0.717, 1.165) is 0 Å². The summed E-state index contributed by atoms with van der Waals surface area (Å²) in [7, 11) is 0. The molecule has 4 nitrogen and oxygen atoms in total. The van der Waals surface area contributed by atoms with E-state index in [1.165, 1.54) is 18.2 Å². The first kappa shape index (κ1) is 14.2. The summed E-state index contributed by atoms with van der Waals surface area (Å²) in [5, 5.41) is 10.2. The van der Waals surface area contributed by atoms with Crippen LogP contribution in [0.15, 0.2) is 18.2 Å². The van der Waals surface area contributed by atoms with Crippen molar-refractivity contribution >= 4 is 46.2 Å². The lowest BCUT2D eigenvalue weighted by molar-refractivity contribution is -0.384. The summed E-state index contributed by atoms with van der Waals surface area (Å²) in [4.78, 5) is 10.0. The van der Waals surface area contributed by atoms with Gasteiger partial charge in [-0.15, -0.1) is 11.6 Å². The molecule has 0 aromatic heterocycles. The molecule has 1 aromatic rings. The second-order valence-electron chi connectivity index (χ2n) is 3.08. The fraction of sp³-hybridized carbons (Fsp3) is 0.300. The van der Waals surface area contributed by atoms with Gasteiger partial charge in [0.2, 0.25) is 0 Å². The summed E-state index contributed by atoms with van der Waals surface area (Å²) in [6.45, 7) is 2.21. The SMILES string of the molecule is CCOC(=S)C(Cl)c1ccc([N+](=O)[O-])c(Cl)c1. The van der Waals surface area contributed by atoms with Gasteiger partial charge in [0, 0.05) is 6.07 Å². The van der Waals surface area contributed by atoms with E-state index in [1.807, 2.05) is 0 Å². The molecular formula is C10H9Cl2NO3S. The van der Waals surface area contributed by atoms with Gasteiger partial charge in [-0.2, -0.15) is 0 Å². The lowest BCUT2D eigenvalue weighted by atomic mass is 10.1. The molecule has 0 saturated carbocycles. The summed E-state index contributed by atoms with van der Waals surface area (Å²) in [5.41, 5.74) is 0.405. The molecule has 0 radical (unpaired) electrons. The molecule has 0 heterocycles. The van der Waals surface area contributed by atoms with Crippen LogP contribution >= 0.6 is 35.4 Å². The highest BCUT2D eigenvalue weighted by atomic mass is 35.5. The van der Waals surface area contributed by atoms with Crippen molar-refractivity contribution in [2.24, 2.45) is 0 Å². The maximum absolute atomic E-state index is 10.6. The molecule has 7 heteroatoms. The molecule has 0 spiro atoms. The number of thiocarbonyl (C=S) groups is 1. The van der Waals surface area contributed by atoms with Crippen LogP contribution in [-0.4, -0.2) is 16.6 Å². The van der Waals surface area contributed by atoms with Crippen molar-refractivity contribution in [2.75, 3.05) is 6.61 Å². The lowest BCUT2D eigenvalue weighted by Gasteiger charge is -2.11. The number of hydrogen-bond donors (Lipinski definition) is 0. The molecule has 0 saturated heterocycles. The van der Waals surface area contributed by atoms with Gasteiger partial charge in [-0.05, 0) is 30.8 Å². The summed E-state index contributed by atoms with van der Waals surface area (Å²) in [6.07, 6.45) is 0.